The van der Waals surface area contributed by atoms with Crippen molar-refractivity contribution < 1.29 is 57.5 Å². The summed E-state index contributed by atoms with van der Waals surface area (Å²) >= 11 is 0. The van der Waals surface area contributed by atoms with Crippen LogP contribution in [0.25, 0.3) is 0 Å². The minimum absolute atomic E-state index is 0.177. The molecule has 1 saturated heterocycles. The fourth-order valence-corrected chi connectivity index (χ4v) is 2.43. The lowest BCUT2D eigenvalue weighted by Crippen LogP contribution is -2.70. The van der Waals surface area contributed by atoms with Crippen LogP contribution < -0.4 is 0 Å². The van der Waals surface area contributed by atoms with Crippen LogP contribution in [0, 0.1) is 0 Å². The van der Waals surface area contributed by atoms with E-state index in [9.17, 15) is 29.1 Å². The minimum atomic E-state index is -3.11. The fourth-order valence-electron chi connectivity index (χ4n) is 2.43. The summed E-state index contributed by atoms with van der Waals surface area (Å²) in [5, 5.41) is 10.8. The van der Waals surface area contributed by atoms with Crippen LogP contribution in [-0.4, -0.2) is 72.5 Å². The monoisotopic (exact) mass is 418 g/mol. The lowest BCUT2D eigenvalue weighted by Gasteiger charge is -2.46. The Kier molecular flexibility index (Phi) is 7.86. The zero-order chi connectivity index (χ0) is 22.5. The van der Waals surface area contributed by atoms with Gasteiger partial charge in [-0.1, -0.05) is 6.58 Å². The molecule has 12 heteroatoms. The molecule has 5 atom stereocenters. The molecule has 1 aliphatic rings. The van der Waals surface area contributed by atoms with Crippen molar-refractivity contribution in [3.05, 3.63) is 12.2 Å². The molecule has 0 aromatic carbocycles. The Labute approximate surface area is 165 Å². The van der Waals surface area contributed by atoms with E-state index in [-0.39, 0.29) is 5.57 Å². The molecule has 1 heterocycles. The summed E-state index contributed by atoms with van der Waals surface area (Å²) in [5.41, 5.74) is -0.177. The largest absolute Gasteiger partial charge is 0.467 e. The Morgan fingerprint density at radius 2 is 1.38 bits per heavy atom. The Balaban J connectivity index is 3.57. The van der Waals surface area contributed by atoms with Crippen LogP contribution in [-0.2, 0) is 52.4 Å². The van der Waals surface area contributed by atoms with Gasteiger partial charge in [0.15, 0.2) is 12.2 Å². The highest BCUT2D eigenvalue weighted by Gasteiger charge is 2.64. The fraction of sp³-hybridized carbons (Fsp3) is 0.588. The zero-order valence-electron chi connectivity index (χ0n) is 16.5. The summed E-state index contributed by atoms with van der Waals surface area (Å²) in [6.07, 6.45) is -7.46. The van der Waals surface area contributed by atoms with E-state index in [0.717, 1.165) is 27.9 Å². The normalized spacial score (nSPS) is 28.5. The zero-order valence-corrected chi connectivity index (χ0v) is 16.5. The van der Waals surface area contributed by atoms with Gasteiger partial charge in [0.05, 0.1) is 7.11 Å². The van der Waals surface area contributed by atoms with Crippen molar-refractivity contribution in [2.75, 3.05) is 7.11 Å². The van der Waals surface area contributed by atoms with E-state index >= 15 is 0 Å². The standard InChI is InChI=1S/C17H22O12/c1-7(2)15(21)29-17(23)14(27-10(5)20)12(26-9(4)19)11(25-8(3)18)13(28-17)16(22)24-6/h11-14,23H,1H2,2-6H3/t11-,12-,13-,14+,17-/m0/s1. The third-order valence-corrected chi connectivity index (χ3v) is 3.49. The Hall–Kier alpha value is -2.99. The first-order chi connectivity index (χ1) is 13.3. The third-order valence-electron chi connectivity index (χ3n) is 3.49. The van der Waals surface area contributed by atoms with Gasteiger partial charge < -0.3 is 28.8 Å². The van der Waals surface area contributed by atoms with Gasteiger partial charge in [-0.25, -0.2) is 9.59 Å². The highest BCUT2D eigenvalue weighted by atomic mass is 16.9. The van der Waals surface area contributed by atoms with Crippen LogP contribution in [0.15, 0.2) is 12.2 Å². The van der Waals surface area contributed by atoms with Gasteiger partial charge in [-0.05, 0) is 6.92 Å². The number of hydrogen-bond acceptors (Lipinski definition) is 12. The molecule has 0 radical (unpaired) electrons. The number of rotatable bonds is 6. The summed E-state index contributed by atoms with van der Waals surface area (Å²) < 4.78 is 29.5. The number of carbonyl (C=O) groups excluding carboxylic acids is 5. The van der Waals surface area contributed by atoms with Gasteiger partial charge in [-0.15, -0.1) is 0 Å². The molecule has 0 aliphatic carbocycles. The Bertz CT molecular complexity index is 713. The first-order valence-electron chi connectivity index (χ1n) is 8.21. The van der Waals surface area contributed by atoms with Gasteiger partial charge in [0, 0.05) is 26.3 Å². The van der Waals surface area contributed by atoms with Gasteiger partial charge in [0.25, 0.3) is 0 Å². The topological polar surface area (TPSA) is 161 Å². The van der Waals surface area contributed by atoms with E-state index in [1.165, 1.54) is 6.92 Å². The van der Waals surface area contributed by atoms with E-state index < -0.39 is 60.2 Å². The van der Waals surface area contributed by atoms with Gasteiger partial charge in [0.1, 0.15) is 0 Å². The summed E-state index contributed by atoms with van der Waals surface area (Å²) in [5.74, 6) is -8.34. The molecule has 0 spiro atoms. The van der Waals surface area contributed by atoms with Gasteiger partial charge in [0.2, 0.25) is 12.2 Å². The number of esters is 5. The van der Waals surface area contributed by atoms with Crippen LogP contribution in [0.5, 0.6) is 0 Å². The predicted molar refractivity (Wildman–Crippen MR) is 89.4 cm³/mol. The second-order valence-corrected chi connectivity index (χ2v) is 6.04. The summed E-state index contributed by atoms with van der Waals surface area (Å²) in [7, 11) is 0.967. The molecule has 29 heavy (non-hydrogen) atoms. The van der Waals surface area contributed by atoms with E-state index in [4.69, 9.17) is 23.7 Å². The molecule has 1 aliphatic heterocycles. The molecular formula is C17H22O12. The van der Waals surface area contributed by atoms with Crippen molar-refractivity contribution >= 4 is 29.8 Å². The first kappa shape index (κ1) is 24.0. The minimum Gasteiger partial charge on any atom is -0.467 e. The van der Waals surface area contributed by atoms with Crippen molar-refractivity contribution in [2.24, 2.45) is 0 Å². The molecule has 1 fully saturated rings. The number of hydrogen-bond donors (Lipinski definition) is 1. The van der Waals surface area contributed by atoms with Crippen molar-refractivity contribution in [1.29, 1.82) is 0 Å². The molecule has 0 bridgehead atoms. The smallest absolute Gasteiger partial charge is 0.371 e. The van der Waals surface area contributed by atoms with Crippen molar-refractivity contribution in [3.8, 4) is 0 Å². The van der Waals surface area contributed by atoms with E-state index in [1.54, 1.807) is 0 Å². The van der Waals surface area contributed by atoms with E-state index in [0.29, 0.717) is 0 Å². The van der Waals surface area contributed by atoms with Crippen LogP contribution >= 0.6 is 0 Å². The lowest BCUT2D eigenvalue weighted by atomic mass is 9.96. The molecule has 162 valence electrons. The molecule has 0 aromatic heterocycles. The number of ether oxygens (including phenoxy) is 6. The second kappa shape index (κ2) is 9.47. The number of methoxy groups -OCH3 is 1. The molecular weight excluding hydrogens is 396 g/mol. The molecule has 0 amide bonds. The lowest BCUT2D eigenvalue weighted by molar-refractivity contribution is -0.426. The molecule has 0 unspecified atom stereocenters. The first-order valence-corrected chi connectivity index (χ1v) is 8.21. The van der Waals surface area contributed by atoms with Crippen LogP contribution in [0.3, 0.4) is 0 Å². The molecule has 1 N–H and O–H groups in total. The molecule has 0 aromatic rings. The highest BCUT2D eigenvalue weighted by Crippen LogP contribution is 2.36. The quantitative estimate of drug-likeness (QED) is 0.246. The van der Waals surface area contributed by atoms with Crippen LogP contribution in [0.1, 0.15) is 27.7 Å². The van der Waals surface area contributed by atoms with Gasteiger partial charge in [-0.3, -0.25) is 19.1 Å². The maximum atomic E-state index is 12.2. The predicted octanol–water partition coefficient (Wildman–Crippen LogP) is -0.881. The number of carbonyl (C=O) groups is 5. The maximum absolute atomic E-state index is 12.2. The SMILES string of the molecule is C=C(C)C(=O)O[C@@]1(O)O[C@H](C(=O)OC)[C@@H](OC(C)=O)[C@H](OC(C)=O)[C@H]1OC(C)=O. The highest BCUT2D eigenvalue weighted by molar-refractivity contribution is 5.87. The average Bonchev–Trinajstić information content (AvgIpc) is 2.58. The van der Waals surface area contributed by atoms with Crippen LogP contribution in [0.4, 0.5) is 0 Å². The van der Waals surface area contributed by atoms with Crippen molar-refractivity contribution in [1.82, 2.24) is 0 Å². The second-order valence-electron chi connectivity index (χ2n) is 6.04. The summed E-state index contributed by atoms with van der Waals surface area (Å²) in [4.78, 5) is 58.8. The third kappa shape index (κ3) is 5.99. The van der Waals surface area contributed by atoms with E-state index in [1.807, 2.05) is 0 Å². The van der Waals surface area contributed by atoms with Crippen molar-refractivity contribution in [3.63, 3.8) is 0 Å². The van der Waals surface area contributed by atoms with Crippen LogP contribution in [0.2, 0.25) is 0 Å². The summed E-state index contributed by atoms with van der Waals surface area (Å²) in [6, 6.07) is 0. The van der Waals surface area contributed by atoms with Gasteiger partial charge >= 0.3 is 35.8 Å². The number of aliphatic hydroxyl groups is 1. The molecule has 0 saturated carbocycles. The maximum Gasteiger partial charge on any atom is 0.371 e. The van der Waals surface area contributed by atoms with Gasteiger partial charge in [-0.2, -0.15) is 0 Å². The Morgan fingerprint density at radius 3 is 1.79 bits per heavy atom. The average molecular weight is 418 g/mol. The molecule has 1 rings (SSSR count). The van der Waals surface area contributed by atoms with E-state index in [2.05, 4.69) is 11.3 Å². The molecule has 12 nitrogen and oxygen atoms in total. The Morgan fingerprint density at radius 1 is 0.897 bits per heavy atom. The van der Waals surface area contributed by atoms with Crippen molar-refractivity contribution in [2.45, 2.75) is 58.1 Å². The summed E-state index contributed by atoms with van der Waals surface area (Å²) in [6.45, 7) is 7.48.